The number of hydrogen-bond acceptors (Lipinski definition) is 4. The van der Waals surface area contributed by atoms with Crippen molar-refractivity contribution < 1.29 is 27.4 Å². The number of nitrogens with two attached hydrogens (primary N) is 1. The Morgan fingerprint density at radius 3 is 2.18 bits per heavy atom. The lowest BCUT2D eigenvalue weighted by Gasteiger charge is -2.30. The molecule has 4 nitrogen and oxygen atoms in total. The van der Waals surface area contributed by atoms with E-state index in [-0.39, 0.29) is 18.2 Å². The molecule has 0 aliphatic heterocycles. The third kappa shape index (κ3) is 4.04. The first-order valence-corrected chi connectivity index (χ1v) is 6.14. The van der Waals surface area contributed by atoms with E-state index in [0.717, 1.165) is 12.1 Å². The van der Waals surface area contributed by atoms with Crippen LogP contribution >= 0.6 is 12.4 Å². The molecule has 1 rings (SSSR count). The van der Waals surface area contributed by atoms with Crippen molar-refractivity contribution in [3.8, 4) is 5.75 Å². The van der Waals surface area contributed by atoms with Gasteiger partial charge in [-0.3, -0.25) is 4.79 Å². The smallest absolute Gasteiger partial charge is 0.416 e. The molecule has 0 heterocycles. The first-order valence-electron chi connectivity index (χ1n) is 6.14. The fourth-order valence-corrected chi connectivity index (χ4v) is 1.92. The summed E-state index contributed by atoms with van der Waals surface area (Å²) in [5.41, 5.74) is 4.38. The first kappa shape index (κ1) is 20.5. The second-order valence-electron chi connectivity index (χ2n) is 5.15. The molecule has 0 bridgehead atoms. The highest BCUT2D eigenvalue weighted by Gasteiger charge is 2.39. The zero-order valence-corrected chi connectivity index (χ0v) is 13.5. The van der Waals surface area contributed by atoms with Crippen LogP contribution in [0.1, 0.15) is 31.0 Å². The van der Waals surface area contributed by atoms with Gasteiger partial charge in [-0.25, -0.2) is 0 Å². The molecule has 0 saturated carbocycles. The van der Waals surface area contributed by atoms with Gasteiger partial charge in [-0.2, -0.15) is 13.2 Å². The van der Waals surface area contributed by atoms with Crippen LogP contribution in [0.5, 0.6) is 5.75 Å². The maximum absolute atomic E-state index is 12.7. The Morgan fingerprint density at radius 2 is 1.77 bits per heavy atom. The van der Waals surface area contributed by atoms with E-state index in [1.54, 1.807) is 13.8 Å². The highest BCUT2D eigenvalue weighted by atomic mass is 35.5. The number of halogens is 4. The van der Waals surface area contributed by atoms with Crippen LogP contribution in [-0.2, 0) is 15.7 Å². The number of carbonyl (C=O) groups is 1. The predicted molar refractivity (Wildman–Crippen MR) is 78.0 cm³/mol. The van der Waals surface area contributed by atoms with Gasteiger partial charge in [0.1, 0.15) is 5.75 Å². The summed E-state index contributed by atoms with van der Waals surface area (Å²) < 4.78 is 47.7. The number of carbonyl (C=O) groups excluding carboxylic acids is 1. The molecule has 0 saturated heterocycles. The Morgan fingerprint density at radius 1 is 1.23 bits per heavy atom. The summed E-state index contributed by atoms with van der Waals surface area (Å²) in [6.45, 7) is 3.11. The SMILES string of the molecule is COC(=O)C(C)(C)[C@@H](N)c1ccc(C(F)(F)F)cc1OC.Cl. The van der Waals surface area contributed by atoms with Gasteiger partial charge in [-0.15, -0.1) is 12.4 Å². The molecule has 1 atom stereocenters. The number of rotatable bonds is 4. The lowest BCUT2D eigenvalue weighted by molar-refractivity contribution is -0.152. The summed E-state index contributed by atoms with van der Waals surface area (Å²) in [4.78, 5) is 11.8. The van der Waals surface area contributed by atoms with Crippen molar-refractivity contribution in [1.82, 2.24) is 0 Å². The van der Waals surface area contributed by atoms with Gasteiger partial charge in [0.05, 0.1) is 25.2 Å². The van der Waals surface area contributed by atoms with Crippen LogP contribution in [0, 0.1) is 5.41 Å². The van der Waals surface area contributed by atoms with Gasteiger partial charge in [0.2, 0.25) is 0 Å². The van der Waals surface area contributed by atoms with E-state index in [1.165, 1.54) is 20.3 Å². The molecule has 0 radical (unpaired) electrons. The summed E-state index contributed by atoms with van der Waals surface area (Å²) in [6.07, 6.45) is -4.48. The van der Waals surface area contributed by atoms with Crippen LogP contribution in [-0.4, -0.2) is 20.2 Å². The average Bonchev–Trinajstić information content (AvgIpc) is 2.43. The summed E-state index contributed by atoms with van der Waals surface area (Å²) in [6, 6.07) is 2.12. The first-order chi connectivity index (χ1) is 9.55. The maximum atomic E-state index is 12.7. The van der Waals surface area contributed by atoms with Gasteiger partial charge < -0.3 is 15.2 Å². The van der Waals surface area contributed by atoms with Gasteiger partial charge >= 0.3 is 12.1 Å². The molecule has 126 valence electrons. The van der Waals surface area contributed by atoms with E-state index in [0.29, 0.717) is 5.56 Å². The molecule has 22 heavy (non-hydrogen) atoms. The van der Waals surface area contributed by atoms with Crippen molar-refractivity contribution in [2.75, 3.05) is 14.2 Å². The van der Waals surface area contributed by atoms with Gasteiger partial charge in [0, 0.05) is 11.6 Å². The van der Waals surface area contributed by atoms with Gasteiger partial charge in [0.25, 0.3) is 0 Å². The Labute approximate surface area is 133 Å². The lowest BCUT2D eigenvalue weighted by Crippen LogP contribution is -2.37. The highest BCUT2D eigenvalue weighted by molar-refractivity contribution is 5.85. The molecule has 0 spiro atoms. The van der Waals surface area contributed by atoms with Crippen LogP contribution in [0.2, 0.25) is 0 Å². The Bertz CT molecular complexity index is 533. The van der Waals surface area contributed by atoms with Crippen LogP contribution in [0.3, 0.4) is 0 Å². The fourth-order valence-electron chi connectivity index (χ4n) is 1.92. The summed E-state index contributed by atoms with van der Waals surface area (Å²) >= 11 is 0. The van der Waals surface area contributed by atoms with Crippen molar-refractivity contribution >= 4 is 18.4 Å². The van der Waals surface area contributed by atoms with Gasteiger partial charge in [-0.1, -0.05) is 6.07 Å². The molecule has 0 fully saturated rings. The van der Waals surface area contributed by atoms with E-state index in [4.69, 9.17) is 10.5 Å². The molecule has 0 unspecified atom stereocenters. The molecule has 2 N–H and O–H groups in total. The summed E-state index contributed by atoms with van der Waals surface area (Å²) in [5.74, 6) is -0.578. The monoisotopic (exact) mass is 341 g/mol. The standard InChI is InChI=1S/C14H18F3NO3.ClH/c1-13(2,12(19)21-4)11(18)9-6-5-8(14(15,16)17)7-10(9)20-3;/h5-7,11H,18H2,1-4H3;1H/t11-;/m0./s1. The second kappa shape index (κ2) is 7.19. The fraction of sp³-hybridized carbons (Fsp3) is 0.500. The number of esters is 1. The minimum absolute atomic E-state index is 0. The van der Waals surface area contributed by atoms with Crippen molar-refractivity contribution in [2.45, 2.75) is 26.1 Å². The Kier molecular flexibility index (Phi) is 6.71. The van der Waals surface area contributed by atoms with Crippen LogP contribution in [0.15, 0.2) is 18.2 Å². The third-order valence-electron chi connectivity index (χ3n) is 3.38. The molecule has 1 aromatic carbocycles. The van der Waals surface area contributed by atoms with Crippen LogP contribution in [0.4, 0.5) is 13.2 Å². The van der Waals surface area contributed by atoms with Crippen LogP contribution in [0.25, 0.3) is 0 Å². The molecule has 1 aromatic rings. The quantitative estimate of drug-likeness (QED) is 0.853. The Balaban J connectivity index is 0.00000441. The minimum Gasteiger partial charge on any atom is -0.496 e. The number of methoxy groups -OCH3 is 2. The highest BCUT2D eigenvalue weighted by Crippen LogP contribution is 2.39. The number of benzene rings is 1. The topological polar surface area (TPSA) is 61.5 Å². The third-order valence-corrected chi connectivity index (χ3v) is 3.38. The van der Waals surface area contributed by atoms with Gasteiger partial charge in [0.15, 0.2) is 0 Å². The van der Waals surface area contributed by atoms with Crippen molar-refractivity contribution in [2.24, 2.45) is 11.1 Å². The summed E-state index contributed by atoms with van der Waals surface area (Å²) in [7, 11) is 2.47. The molecule has 0 aromatic heterocycles. The average molecular weight is 342 g/mol. The molecular weight excluding hydrogens is 323 g/mol. The zero-order chi connectivity index (χ0) is 16.4. The second-order valence-corrected chi connectivity index (χ2v) is 5.15. The number of hydrogen-bond donors (Lipinski definition) is 1. The molecule has 0 amide bonds. The van der Waals surface area contributed by atoms with Gasteiger partial charge in [-0.05, 0) is 26.0 Å². The van der Waals surface area contributed by atoms with E-state index < -0.39 is 29.2 Å². The van der Waals surface area contributed by atoms with Crippen molar-refractivity contribution in [3.05, 3.63) is 29.3 Å². The normalized spacial score (nSPS) is 13.1. The van der Waals surface area contributed by atoms with E-state index >= 15 is 0 Å². The number of alkyl halides is 3. The van der Waals surface area contributed by atoms with Crippen molar-refractivity contribution in [1.29, 1.82) is 0 Å². The molecule has 0 aliphatic rings. The van der Waals surface area contributed by atoms with E-state index in [2.05, 4.69) is 4.74 Å². The van der Waals surface area contributed by atoms with E-state index in [1.807, 2.05) is 0 Å². The summed E-state index contributed by atoms with van der Waals surface area (Å²) in [5, 5.41) is 0. The Hall–Kier alpha value is -1.47. The zero-order valence-electron chi connectivity index (χ0n) is 12.7. The maximum Gasteiger partial charge on any atom is 0.416 e. The van der Waals surface area contributed by atoms with E-state index in [9.17, 15) is 18.0 Å². The minimum atomic E-state index is -4.48. The largest absolute Gasteiger partial charge is 0.496 e. The molecule has 8 heteroatoms. The lowest BCUT2D eigenvalue weighted by atomic mass is 9.80. The predicted octanol–water partition coefficient (Wildman–Crippen LogP) is 3.33. The van der Waals surface area contributed by atoms with Crippen molar-refractivity contribution in [3.63, 3.8) is 0 Å². The molecule has 0 aliphatic carbocycles. The van der Waals surface area contributed by atoms with Crippen LogP contribution < -0.4 is 10.5 Å². The molecular formula is C14H19ClF3NO3. The number of ether oxygens (including phenoxy) is 2.